The first-order chi connectivity index (χ1) is 14.7. The lowest BCUT2D eigenvalue weighted by atomic mass is 10.1. The van der Waals surface area contributed by atoms with Gasteiger partial charge in [-0.15, -0.1) is 0 Å². The summed E-state index contributed by atoms with van der Waals surface area (Å²) in [4.78, 5) is 28.3. The fraction of sp³-hybridized carbons (Fsp3) is 0.227. The van der Waals surface area contributed by atoms with E-state index in [4.69, 9.17) is 0 Å². The molecule has 3 aromatic rings. The van der Waals surface area contributed by atoms with Crippen LogP contribution in [-0.2, 0) is 24.1 Å². The minimum absolute atomic E-state index is 0.175. The van der Waals surface area contributed by atoms with E-state index in [1.54, 1.807) is 31.2 Å². The summed E-state index contributed by atoms with van der Waals surface area (Å²) in [5.41, 5.74) is 1.58. The van der Waals surface area contributed by atoms with E-state index in [1.165, 1.54) is 10.6 Å². The Morgan fingerprint density at radius 1 is 1.23 bits per heavy atom. The van der Waals surface area contributed by atoms with Gasteiger partial charge in [-0.05, 0) is 49.7 Å². The van der Waals surface area contributed by atoms with Crippen molar-refractivity contribution in [2.24, 2.45) is 0 Å². The molecule has 9 heteroatoms. The number of anilines is 1. The molecule has 1 heterocycles. The highest BCUT2D eigenvalue weighted by molar-refractivity contribution is 5.85. The molecular formula is C22H21F3N4O2. The molecule has 2 N–H and O–H groups in total. The molecule has 0 aliphatic rings. The highest BCUT2D eigenvalue weighted by Crippen LogP contribution is 2.29. The molecule has 0 saturated carbocycles. The van der Waals surface area contributed by atoms with Crippen molar-refractivity contribution < 1.29 is 18.0 Å². The number of halogens is 3. The fourth-order valence-electron chi connectivity index (χ4n) is 3.12. The number of hydrogen-bond donors (Lipinski definition) is 2. The highest BCUT2D eigenvalue weighted by atomic mass is 19.4. The molecule has 1 amide bonds. The van der Waals surface area contributed by atoms with E-state index < -0.39 is 11.7 Å². The van der Waals surface area contributed by atoms with Crippen molar-refractivity contribution in [1.29, 1.82) is 0 Å². The van der Waals surface area contributed by atoms with Crippen LogP contribution in [0, 0.1) is 20.3 Å². The topological polar surface area (TPSA) is 76.0 Å². The van der Waals surface area contributed by atoms with Crippen LogP contribution < -0.4 is 16.2 Å². The summed E-state index contributed by atoms with van der Waals surface area (Å²) in [6.45, 7) is 5.63. The molecule has 3 rings (SSSR count). The number of carbonyl (C=O) groups excluding carboxylic acids is 1. The van der Waals surface area contributed by atoms with Crippen LogP contribution in [0.1, 0.15) is 16.8 Å². The van der Waals surface area contributed by atoms with Gasteiger partial charge in [-0.3, -0.25) is 9.59 Å². The van der Waals surface area contributed by atoms with Crippen molar-refractivity contribution >= 4 is 22.6 Å². The van der Waals surface area contributed by atoms with Gasteiger partial charge in [0.25, 0.3) is 5.56 Å². The number of nitrogens with one attached hydrogen (secondary N) is 2. The first kappa shape index (κ1) is 22.3. The molecule has 0 atom stereocenters. The van der Waals surface area contributed by atoms with Gasteiger partial charge in [0.1, 0.15) is 5.69 Å². The molecule has 31 heavy (non-hydrogen) atoms. The van der Waals surface area contributed by atoms with Gasteiger partial charge in [-0.25, -0.2) is 4.98 Å². The summed E-state index contributed by atoms with van der Waals surface area (Å²) in [5.74, 6) is -0.341. The summed E-state index contributed by atoms with van der Waals surface area (Å²) >= 11 is 0. The molecule has 1 aromatic heterocycles. The van der Waals surface area contributed by atoms with Crippen LogP contribution in [0.5, 0.6) is 0 Å². The minimum atomic E-state index is -4.40. The Morgan fingerprint density at radius 2 is 2.00 bits per heavy atom. The van der Waals surface area contributed by atoms with E-state index in [2.05, 4.69) is 22.5 Å². The molecule has 0 unspecified atom stereocenters. The molecule has 0 aliphatic carbocycles. The van der Waals surface area contributed by atoms with Gasteiger partial charge in [-0.2, -0.15) is 13.2 Å². The average molecular weight is 430 g/mol. The first-order valence-electron chi connectivity index (χ1n) is 9.50. The molecule has 2 aromatic carbocycles. The van der Waals surface area contributed by atoms with Crippen LogP contribution in [-0.4, -0.2) is 22.0 Å². The predicted molar refractivity (Wildman–Crippen MR) is 112 cm³/mol. The van der Waals surface area contributed by atoms with E-state index in [0.717, 1.165) is 18.6 Å². The smallest absolute Gasteiger partial charge is 0.381 e. The quantitative estimate of drug-likeness (QED) is 0.602. The summed E-state index contributed by atoms with van der Waals surface area (Å²) < 4.78 is 40.2. The lowest BCUT2D eigenvalue weighted by Crippen LogP contribution is -2.32. The van der Waals surface area contributed by atoms with E-state index in [0.29, 0.717) is 28.0 Å². The van der Waals surface area contributed by atoms with Crippen molar-refractivity contribution in [1.82, 2.24) is 14.9 Å². The van der Waals surface area contributed by atoms with Crippen molar-refractivity contribution in [2.45, 2.75) is 26.2 Å². The Bertz CT molecular complexity index is 1160. The Morgan fingerprint density at radius 3 is 2.71 bits per heavy atom. The van der Waals surface area contributed by atoms with Crippen molar-refractivity contribution in [2.75, 3.05) is 11.9 Å². The van der Waals surface area contributed by atoms with Gasteiger partial charge in [0.15, 0.2) is 0 Å². The molecular weight excluding hydrogens is 409 g/mol. The number of fused-ring (bicyclic) bond motifs is 1. The highest BCUT2D eigenvalue weighted by Gasteiger charge is 2.30. The van der Waals surface area contributed by atoms with Crippen molar-refractivity contribution in [3.63, 3.8) is 0 Å². The Labute approximate surface area is 177 Å². The summed E-state index contributed by atoms with van der Waals surface area (Å²) in [5, 5.41) is 5.71. The molecule has 0 fully saturated rings. The maximum atomic E-state index is 12.9. The average Bonchev–Trinajstić information content (AvgIpc) is 2.74. The van der Waals surface area contributed by atoms with Gasteiger partial charge in [0, 0.05) is 31.7 Å². The Kier molecular flexibility index (Phi) is 6.62. The van der Waals surface area contributed by atoms with Gasteiger partial charge in [0.2, 0.25) is 5.91 Å². The zero-order valence-corrected chi connectivity index (χ0v) is 16.8. The largest absolute Gasteiger partial charge is 0.416 e. The molecule has 162 valence electrons. The number of aromatic nitrogens is 2. The second-order valence-electron chi connectivity index (χ2n) is 6.90. The van der Waals surface area contributed by atoms with Crippen LogP contribution in [0.2, 0.25) is 0 Å². The van der Waals surface area contributed by atoms with Gasteiger partial charge < -0.3 is 15.2 Å². The van der Waals surface area contributed by atoms with Crippen molar-refractivity contribution in [3.05, 3.63) is 83.0 Å². The molecule has 0 bridgehead atoms. The SMILES string of the molecule is [CH2][CH]C(=O)NCCn1c(=O)c(C)nc2ccc(NCc3cccc(C(F)(F)F)c3)cc21. The standard InChI is InChI=1S/C22H21F3N4O2/c1-3-20(30)26-9-10-29-19-12-17(7-8-18(19)28-14(2)21(29)31)27-13-15-5-4-6-16(11-15)22(23,24)25/h3-8,11-12,27H,1,9-10,13H2,2H3,(H,26,30). The number of hydrogen-bond acceptors (Lipinski definition) is 4. The first-order valence-corrected chi connectivity index (χ1v) is 9.50. The lowest BCUT2D eigenvalue weighted by molar-refractivity contribution is -0.137. The van der Waals surface area contributed by atoms with Crippen LogP contribution >= 0.6 is 0 Å². The minimum Gasteiger partial charge on any atom is -0.381 e. The van der Waals surface area contributed by atoms with Crippen molar-refractivity contribution in [3.8, 4) is 0 Å². The Balaban J connectivity index is 1.84. The lowest BCUT2D eigenvalue weighted by Gasteiger charge is -2.14. The summed E-state index contributed by atoms with van der Waals surface area (Å²) in [6.07, 6.45) is -3.26. The molecule has 0 saturated heterocycles. The molecule has 0 aliphatic heterocycles. The molecule has 0 spiro atoms. The van der Waals surface area contributed by atoms with Crippen LogP contribution in [0.25, 0.3) is 11.0 Å². The molecule has 2 radical (unpaired) electrons. The Hall–Kier alpha value is -3.36. The number of carbonyl (C=O) groups is 1. The van der Waals surface area contributed by atoms with Crippen LogP contribution in [0.15, 0.2) is 47.3 Å². The third kappa shape index (κ3) is 5.42. The van der Waals surface area contributed by atoms with Crippen LogP contribution in [0.4, 0.5) is 18.9 Å². The number of rotatable bonds is 7. The summed E-state index contributed by atoms with van der Waals surface area (Å²) in [6, 6.07) is 10.3. The van der Waals surface area contributed by atoms with Crippen LogP contribution in [0.3, 0.4) is 0 Å². The van der Waals surface area contributed by atoms with Gasteiger partial charge >= 0.3 is 6.18 Å². The van der Waals surface area contributed by atoms with Gasteiger partial charge in [-0.1, -0.05) is 12.1 Å². The monoisotopic (exact) mass is 430 g/mol. The maximum absolute atomic E-state index is 12.9. The second-order valence-corrected chi connectivity index (χ2v) is 6.90. The van der Waals surface area contributed by atoms with E-state index in [1.807, 2.05) is 0 Å². The van der Waals surface area contributed by atoms with E-state index in [-0.39, 0.29) is 31.1 Å². The zero-order valence-electron chi connectivity index (χ0n) is 16.8. The van der Waals surface area contributed by atoms with Gasteiger partial charge in [0.05, 0.1) is 16.6 Å². The summed E-state index contributed by atoms with van der Waals surface area (Å²) in [7, 11) is 0. The zero-order chi connectivity index (χ0) is 22.6. The number of aryl methyl sites for hydroxylation is 1. The van der Waals surface area contributed by atoms with E-state index >= 15 is 0 Å². The normalized spacial score (nSPS) is 11.5. The van der Waals surface area contributed by atoms with E-state index in [9.17, 15) is 22.8 Å². The number of amides is 1. The predicted octanol–water partition coefficient (Wildman–Crippen LogP) is 3.49. The number of benzene rings is 2. The fourth-order valence-corrected chi connectivity index (χ4v) is 3.12. The third-order valence-electron chi connectivity index (χ3n) is 4.68. The third-order valence-corrected chi connectivity index (χ3v) is 4.68. The second kappa shape index (κ2) is 9.20. The number of nitrogens with zero attached hydrogens (tertiary/aromatic N) is 2. The maximum Gasteiger partial charge on any atom is 0.416 e. The number of alkyl halides is 3. The molecule has 6 nitrogen and oxygen atoms in total.